The highest BCUT2D eigenvalue weighted by atomic mass is 32.2. The molecule has 0 saturated heterocycles. The molecule has 1 N–H and O–H groups in total. The van der Waals surface area contributed by atoms with E-state index in [1.54, 1.807) is 0 Å². The Hall–Kier alpha value is -0.0300. The average Bonchev–Trinajstić information content (AvgIpc) is 1.61. The molecule has 0 bridgehead atoms. The Labute approximate surface area is 39.6 Å². The van der Waals surface area contributed by atoms with Crippen molar-refractivity contribution in [1.82, 2.24) is 0 Å². The molecule has 0 rings (SSSR count). The van der Waals surface area contributed by atoms with Crippen LogP contribution in [0.4, 0.5) is 0 Å². The fourth-order valence-electron chi connectivity index (χ4n) is 0.0453. The lowest BCUT2D eigenvalue weighted by Crippen LogP contribution is -1.71. The summed E-state index contributed by atoms with van der Waals surface area (Å²) in [5.74, 6) is 0. The van der Waals surface area contributed by atoms with E-state index in [4.69, 9.17) is 5.26 Å². The Kier molecular flexibility index (Phi) is 4.95. The molecule has 36 valence electrons. The third kappa shape index (κ3) is 3.97. The van der Waals surface area contributed by atoms with Gasteiger partial charge in [-0.15, -0.1) is 4.33 Å². The van der Waals surface area contributed by atoms with Crippen LogP contribution in [-0.2, 0) is 9.37 Å². The monoisotopic (exact) mass is 108 g/mol. The van der Waals surface area contributed by atoms with Crippen molar-refractivity contribution < 1.29 is 14.6 Å². The van der Waals surface area contributed by atoms with Crippen molar-refractivity contribution in [2.45, 2.75) is 0 Å². The van der Waals surface area contributed by atoms with Crippen LogP contribution in [-0.4, -0.2) is 5.26 Å². The molecule has 0 saturated carbocycles. The summed E-state index contributed by atoms with van der Waals surface area (Å²) in [6, 6.07) is 0. The molecule has 0 aliphatic heterocycles. The molecule has 0 fully saturated rings. The third-order valence-electron chi connectivity index (χ3n) is 0.138. The van der Waals surface area contributed by atoms with E-state index in [0.717, 1.165) is 12.0 Å². The van der Waals surface area contributed by atoms with Gasteiger partial charge in [0.05, 0.1) is 12.0 Å². The van der Waals surface area contributed by atoms with Crippen molar-refractivity contribution in [1.29, 1.82) is 0 Å². The zero-order chi connectivity index (χ0) is 4.83. The first-order valence-electron chi connectivity index (χ1n) is 1.16. The van der Waals surface area contributed by atoms with E-state index >= 15 is 0 Å². The van der Waals surface area contributed by atoms with E-state index in [0.29, 0.717) is 0 Å². The van der Waals surface area contributed by atoms with Gasteiger partial charge < -0.3 is 0 Å². The maximum Gasteiger partial charge on any atom is 0.0628 e. The molecule has 4 heteroatoms. The first-order valence-corrected chi connectivity index (χ1v) is 1.96. The summed E-state index contributed by atoms with van der Waals surface area (Å²) in [6.07, 6.45) is 0. The molecule has 0 aliphatic carbocycles. The van der Waals surface area contributed by atoms with Crippen molar-refractivity contribution >= 4 is 12.0 Å². The molecule has 0 aromatic heterocycles. The molecule has 6 heavy (non-hydrogen) atoms. The molecule has 0 unspecified atom stereocenters. The van der Waals surface area contributed by atoms with Gasteiger partial charge in [-0.3, -0.25) is 0 Å². The minimum absolute atomic E-state index is 0.800. The van der Waals surface area contributed by atoms with Gasteiger partial charge in [-0.05, 0) is 5.41 Å². The molecular formula is C2H4O3S. The predicted molar refractivity (Wildman–Crippen MR) is 22.6 cm³/mol. The zero-order valence-electron chi connectivity index (χ0n) is 2.96. The minimum Gasteiger partial charge on any atom is -0.220 e. The van der Waals surface area contributed by atoms with Gasteiger partial charge in [-0.1, -0.05) is 11.6 Å². The zero-order valence-corrected chi connectivity index (χ0v) is 3.77. The summed E-state index contributed by atoms with van der Waals surface area (Å²) in [4.78, 5) is 0. The summed E-state index contributed by atoms with van der Waals surface area (Å²) in [7, 11) is 0. The lowest BCUT2D eigenvalue weighted by molar-refractivity contribution is -0.431. The molecule has 0 aromatic rings. The lowest BCUT2D eigenvalue weighted by Gasteiger charge is -1.82. The van der Waals surface area contributed by atoms with Gasteiger partial charge in [-0.2, -0.15) is 0 Å². The molecule has 0 aromatic carbocycles. The molecule has 0 aliphatic rings. The largest absolute Gasteiger partial charge is 0.220 e. The maximum absolute atomic E-state index is 7.41. The Morgan fingerprint density at radius 3 is 2.67 bits per heavy atom. The van der Waals surface area contributed by atoms with Gasteiger partial charge in [0.1, 0.15) is 0 Å². The first kappa shape index (κ1) is 5.97. The van der Waals surface area contributed by atoms with Gasteiger partial charge in [0.2, 0.25) is 0 Å². The molecule has 0 radical (unpaired) electrons. The van der Waals surface area contributed by atoms with Crippen LogP contribution in [0.3, 0.4) is 0 Å². The van der Waals surface area contributed by atoms with Crippen LogP contribution in [0.2, 0.25) is 0 Å². The van der Waals surface area contributed by atoms with Crippen molar-refractivity contribution in [3.63, 3.8) is 0 Å². The fraction of sp³-hybridized carbons (Fsp3) is 0. The Morgan fingerprint density at radius 2 is 2.50 bits per heavy atom. The standard InChI is InChI=1S/C2H4O3S/c1-2-6-5-4-3/h2-3H,1H2. The van der Waals surface area contributed by atoms with E-state index in [1.807, 2.05) is 0 Å². The minimum atomic E-state index is 0.800. The van der Waals surface area contributed by atoms with E-state index < -0.39 is 0 Å². The van der Waals surface area contributed by atoms with E-state index in [2.05, 4.69) is 16.0 Å². The van der Waals surface area contributed by atoms with E-state index in [-0.39, 0.29) is 0 Å². The van der Waals surface area contributed by atoms with Crippen molar-refractivity contribution in [2.24, 2.45) is 0 Å². The molecule has 0 amide bonds. The predicted octanol–water partition coefficient (Wildman–Crippen LogP) is 1.20. The Morgan fingerprint density at radius 1 is 1.83 bits per heavy atom. The van der Waals surface area contributed by atoms with Gasteiger partial charge in [0.15, 0.2) is 0 Å². The van der Waals surface area contributed by atoms with Gasteiger partial charge >= 0.3 is 0 Å². The van der Waals surface area contributed by atoms with Crippen molar-refractivity contribution in [3.8, 4) is 0 Å². The summed E-state index contributed by atoms with van der Waals surface area (Å²) in [5.41, 5.74) is 0. The molecule has 0 atom stereocenters. The molecular weight excluding hydrogens is 104 g/mol. The van der Waals surface area contributed by atoms with Gasteiger partial charge in [0.25, 0.3) is 0 Å². The summed E-state index contributed by atoms with van der Waals surface area (Å²) >= 11 is 0.800. The Balaban J connectivity index is 2.49. The van der Waals surface area contributed by atoms with Crippen LogP contribution in [0.25, 0.3) is 0 Å². The normalized spacial score (nSPS) is 8.17. The highest BCUT2D eigenvalue weighted by molar-refractivity contribution is 7.97. The van der Waals surface area contributed by atoms with Crippen LogP contribution in [0.1, 0.15) is 0 Å². The van der Waals surface area contributed by atoms with Crippen LogP contribution >= 0.6 is 12.0 Å². The van der Waals surface area contributed by atoms with E-state index in [9.17, 15) is 0 Å². The Bertz CT molecular complexity index is 37.8. The first-order chi connectivity index (χ1) is 2.91. The third-order valence-corrected chi connectivity index (χ3v) is 0.413. The van der Waals surface area contributed by atoms with Crippen molar-refractivity contribution in [3.05, 3.63) is 12.0 Å². The fourth-order valence-corrected chi connectivity index (χ4v) is 0.136. The number of hydrogen-bond acceptors (Lipinski definition) is 4. The topological polar surface area (TPSA) is 38.7 Å². The summed E-state index contributed by atoms with van der Waals surface area (Å²) in [5, 5.41) is 12.0. The van der Waals surface area contributed by atoms with Crippen LogP contribution < -0.4 is 0 Å². The number of hydrogen-bond donors (Lipinski definition) is 1. The van der Waals surface area contributed by atoms with Crippen LogP contribution in [0.5, 0.6) is 0 Å². The lowest BCUT2D eigenvalue weighted by atomic mass is 11.3. The molecule has 3 nitrogen and oxygen atoms in total. The second-order valence-electron chi connectivity index (χ2n) is 0.405. The van der Waals surface area contributed by atoms with Crippen molar-refractivity contribution in [2.75, 3.05) is 0 Å². The van der Waals surface area contributed by atoms with Gasteiger partial charge in [-0.25, -0.2) is 5.26 Å². The quantitative estimate of drug-likeness (QED) is 0.255. The highest BCUT2D eigenvalue weighted by Gasteiger charge is 1.72. The second kappa shape index (κ2) is 4.97. The second-order valence-corrected chi connectivity index (χ2v) is 1.07. The summed E-state index contributed by atoms with van der Waals surface area (Å²) < 4.78 is 3.84. The highest BCUT2D eigenvalue weighted by Crippen LogP contribution is 1.99. The summed E-state index contributed by atoms with van der Waals surface area (Å²) in [6.45, 7) is 3.25. The maximum atomic E-state index is 7.41. The number of rotatable bonds is 3. The molecule has 0 heterocycles. The van der Waals surface area contributed by atoms with Crippen LogP contribution in [0.15, 0.2) is 12.0 Å². The average molecular weight is 108 g/mol. The molecule has 0 spiro atoms. The van der Waals surface area contributed by atoms with Gasteiger partial charge in [0, 0.05) is 0 Å². The SMILES string of the molecule is C=CSOOO. The van der Waals surface area contributed by atoms with E-state index in [1.165, 1.54) is 5.41 Å². The smallest absolute Gasteiger partial charge is 0.0628 e. The van der Waals surface area contributed by atoms with Crippen LogP contribution in [0, 0.1) is 0 Å².